The minimum Gasteiger partial charge on any atom is -0.392 e. The van der Waals surface area contributed by atoms with E-state index in [1.165, 1.54) is 12.8 Å². The van der Waals surface area contributed by atoms with Crippen molar-refractivity contribution < 1.29 is 9.84 Å². The van der Waals surface area contributed by atoms with Gasteiger partial charge in [-0.2, -0.15) is 0 Å². The molecule has 1 saturated carbocycles. The normalized spacial score (nSPS) is 35.8. The standard InChI is InChI=1S/C11H21NO2/c13-11-4-2-1-3-10(11)12-9-5-7-14-8-6-9/h9-13H,1-8H2/t10-,11+/m0/s1. The molecule has 0 amide bonds. The lowest BCUT2D eigenvalue weighted by atomic mass is 9.91. The van der Waals surface area contributed by atoms with Gasteiger partial charge in [0.05, 0.1) is 6.10 Å². The molecule has 0 bridgehead atoms. The minimum absolute atomic E-state index is 0.119. The van der Waals surface area contributed by atoms with Gasteiger partial charge in [-0.25, -0.2) is 0 Å². The molecule has 0 aromatic carbocycles. The van der Waals surface area contributed by atoms with E-state index in [-0.39, 0.29) is 6.10 Å². The average Bonchev–Trinajstić information content (AvgIpc) is 2.23. The first kappa shape index (κ1) is 10.4. The third-order valence-corrected chi connectivity index (χ3v) is 3.40. The molecular formula is C11H21NO2. The fourth-order valence-corrected chi connectivity index (χ4v) is 2.47. The molecule has 2 N–H and O–H groups in total. The van der Waals surface area contributed by atoms with E-state index in [0.29, 0.717) is 12.1 Å². The molecule has 0 aromatic heterocycles. The van der Waals surface area contributed by atoms with Crippen LogP contribution in [0.15, 0.2) is 0 Å². The number of nitrogens with one attached hydrogen (secondary N) is 1. The topological polar surface area (TPSA) is 41.5 Å². The molecule has 14 heavy (non-hydrogen) atoms. The summed E-state index contributed by atoms with van der Waals surface area (Å²) in [5, 5.41) is 13.4. The van der Waals surface area contributed by atoms with Crippen molar-refractivity contribution in [3.8, 4) is 0 Å². The van der Waals surface area contributed by atoms with E-state index in [9.17, 15) is 5.11 Å². The van der Waals surface area contributed by atoms with Gasteiger partial charge in [-0.05, 0) is 25.7 Å². The van der Waals surface area contributed by atoms with E-state index in [0.717, 1.165) is 38.9 Å². The SMILES string of the molecule is O[C@@H]1CCCC[C@@H]1NC1CCOCC1. The van der Waals surface area contributed by atoms with Gasteiger partial charge in [-0.1, -0.05) is 12.8 Å². The van der Waals surface area contributed by atoms with Crippen LogP contribution in [0, 0.1) is 0 Å². The van der Waals surface area contributed by atoms with E-state index in [2.05, 4.69) is 5.32 Å². The summed E-state index contributed by atoms with van der Waals surface area (Å²) >= 11 is 0. The molecule has 3 heteroatoms. The fraction of sp³-hybridized carbons (Fsp3) is 1.00. The monoisotopic (exact) mass is 199 g/mol. The van der Waals surface area contributed by atoms with Crippen LogP contribution in [-0.4, -0.2) is 36.5 Å². The maximum atomic E-state index is 9.81. The van der Waals surface area contributed by atoms with Crippen molar-refractivity contribution in [2.45, 2.75) is 56.7 Å². The first-order valence-electron chi connectivity index (χ1n) is 5.88. The van der Waals surface area contributed by atoms with Gasteiger partial charge < -0.3 is 15.2 Å². The van der Waals surface area contributed by atoms with Crippen LogP contribution < -0.4 is 5.32 Å². The summed E-state index contributed by atoms with van der Waals surface area (Å²) in [7, 11) is 0. The molecule has 2 fully saturated rings. The molecule has 0 aromatic rings. The zero-order valence-corrected chi connectivity index (χ0v) is 8.74. The highest BCUT2D eigenvalue weighted by Gasteiger charge is 2.25. The predicted molar refractivity (Wildman–Crippen MR) is 55.2 cm³/mol. The van der Waals surface area contributed by atoms with Gasteiger partial charge in [0, 0.05) is 25.3 Å². The second-order valence-electron chi connectivity index (χ2n) is 4.51. The minimum atomic E-state index is -0.119. The van der Waals surface area contributed by atoms with Crippen molar-refractivity contribution in [2.75, 3.05) is 13.2 Å². The Balaban J connectivity index is 1.76. The van der Waals surface area contributed by atoms with E-state index in [4.69, 9.17) is 4.74 Å². The van der Waals surface area contributed by atoms with E-state index < -0.39 is 0 Å². The Morgan fingerprint density at radius 2 is 1.71 bits per heavy atom. The van der Waals surface area contributed by atoms with Gasteiger partial charge in [0.1, 0.15) is 0 Å². The molecule has 2 atom stereocenters. The molecule has 0 radical (unpaired) electrons. The third-order valence-electron chi connectivity index (χ3n) is 3.40. The summed E-state index contributed by atoms with van der Waals surface area (Å²) in [6, 6.07) is 0.911. The summed E-state index contributed by atoms with van der Waals surface area (Å²) in [6.07, 6.45) is 6.64. The van der Waals surface area contributed by atoms with E-state index in [1.807, 2.05) is 0 Å². The molecule has 2 aliphatic rings. The summed E-state index contributed by atoms with van der Waals surface area (Å²) < 4.78 is 5.31. The number of hydrogen-bond donors (Lipinski definition) is 2. The van der Waals surface area contributed by atoms with E-state index in [1.54, 1.807) is 0 Å². The average molecular weight is 199 g/mol. The lowest BCUT2D eigenvalue weighted by Gasteiger charge is -2.33. The summed E-state index contributed by atoms with van der Waals surface area (Å²) in [4.78, 5) is 0. The maximum Gasteiger partial charge on any atom is 0.0693 e. The zero-order valence-electron chi connectivity index (χ0n) is 8.74. The zero-order chi connectivity index (χ0) is 9.80. The Labute approximate surface area is 85.8 Å². The molecule has 1 aliphatic carbocycles. The van der Waals surface area contributed by atoms with Crippen LogP contribution in [0.3, 0.4) is 0 Å². The largest absolute Gasteiger partial charge is 0.392 e. The van der Waals surface area contributed by atoms with Crippen LogP contribution in [0.2, 0.25) is 0 Å². The van der Waals surface area contributed by atoms with Crippen molar-refractivity contribution in [1.82, 2.24) is 5.32 Å². The van der Waals surface area contributed by atoms with Crippen LogP contribution in [0.4, 0.5) is 0 Å². The lowest BCUT2D eigenvalue weighted by Crippen LogP contribution is -2.48. The molecule has 82 valence electrons. The van der Waals surface area contributed by atoms with Gasteiger partial charge in [0.2, 0.25) is 0 Å². The Bertz CT molecular complexity index is 169. The van der Waals surface area contributed by atoms with Crippen LogP contribution in [0.25, 0.3) is 0 Å². The second kappa shape index (κ2) is 5.10. The van der Waals surface area contributed by atoms with Crippen molar-refractivity contribution in [1.29, 1.82) is 0 Å². The Kier molecular flexibility index (Phi) is 3.79. The number of hydrogen-bond acceptors (Lipinski definition) is 3. The molecule has 1 aliphatic heterocycles. The number of aliphatic hydroxyl groups excluding tert-OH is 1. The molecule has 1 heterocycles. The first-order valence-corrected chi connectivity index (χ1v) is 5.88. The summed E-state index contributed by atoms with van der Waals surface area (Å²) in [5.41, 5.74) is 0. The highest BCUT2D eigenvalue weighted by atomic mass is 16.5. The lowest BCUT2D eigenvalue weighted by molar-refractivity contribution is 0.0487. The highest BCUT2D eigenvalue weighted by molar-refractivity contribution is 4.84. The number of aliphatic hydroxyl groups is 1. The molecule has 3 nitrogen and oxygen atoms in total. The molecule has 0 spiro atoms. The number of rotatable bonds is 2. The van der Waals surface area contributed by atoms with Crippen LogP contribution in [-0.2, 0) is 4.74 Å². The van der Waals surface area contributed by atoms with Gasteiger partial charge in [-0.15, -0.1) is 0 Å². The quantitative estimate of drug-likeness (QED) is 0.698. The van der Waals surface area contributed by atoms with Crippen molar-refractivity contribution in [3.63, 3.8) is 0 Å². The third kappa shape index (κ3) is 2.69. The summed E-state index contributed by atoms with van der Waals surface area (Å²) in [5.74, 6) is 0. The number of ether oxygens (including phenoxy) is 1. The predicted octanol–water partition coefficient (Wildman–Crippen LogP) is 1.06. The Morgan fingerprint density at radius 3 is 2.43 bits per heavy atom. The molecular weight excluding hydrogens is 178 g/mol. The molecule has 2 rings (SSSR count). The van der Waals surface area contributed by atoms with Crippen molar-refractivity contribution in [2.24, 2.45) is 0 Å². The molecule has 1 saturated heterocycles. The summed E-state index contributed by atoms with van der Waals surface area (Å²) in [6.45, 7) is 1.75. The smallest absolute Gasteiger partial charge is 0.0693 e. The first-order chi connectivity index (χ1) is 6.86. The highest BCUT2D eigenvalue weighted by Crippen LogP contribution is 2.20. The maximum absolute atomic E-state index is 9.81. The van der Waals surface area contributed by atoms with Gasteiger partial charge in [0.25, 0.3) is 0 Å². The second-order valence-corrected chi connectivity index (χ2v) is 4.51. The van der Waals surface area contributed by atoms with Crippen molar-refractivity contribution >= 4 is 0 Å². The Morgan fingerprint density at radius 1 is 1.00 bits per heavy atom. The van der Waals surface area contributed by atoms with E-state index >= 15 is 0 Å². The van der Waals surface area contributed by atoms with Gasteiger partial charge in [0.15, 0.2) is 0 Å². The van der Waals surface area contributed by atoms with Crippen LogP contribution in [0.1, 0.15) is 38.5 Å². The fourth-order valence-electron chi connectivity index (χ4n) is 2.47. The van der Waals surface area contributed by atoms with Crippen LogP contribution in [0.5, 0.6) is 0 Å². The van der Waals surface area contributed by atoms with Crippen molar-refractivity contribution in [3.05, 3.63) is 0 Å². The van der Waals surface area contributed by atoms with Crippen LogP contribution >= 0.6 is 0 Å². The Hall–Kier alpha value is -0.120. The molecule has 0 unspecified atom stereocenters. The van der Waals surface area contributed by atoms with Gasteiger partial charge >= 0.3 is 0 Å². The van der Waals surface area contributed by atoms with Gasteiger partial charge in [-0.3, -0.25) is 0 Å².